The van der Waals surface area contributed by atoms with Crippen LogP contribution in [0, 0.1) is 6.92 Å². The minimum absolute atomic E-state index is 0. The number of nitrogens with one attached hydrogen (secondary N) is 1. The van der Waals surface area contributed by atoms with Crippen LogP contribution in [0.2, 0.25) is 0 Å². The van der Waals surface area contributed by atoms with Crippen LogP contribution >= 0.6 is 12.4 Å². The number of aliphatic hydroxyl groups is 1. The van der Waals surface area contributed by atoms with E-state index in [0.717, 1.165) is 11.1 Å². The van der Waals surface area contributed by atoms with Crippen molar-refractivity contribution >= 4 is 18.3 Å². The third-order valence-corrected chi connectivity index (χ3v) is 2.87. The number of nitrogens with two attached hydrogens (primary N) is 1. The van der Waals surface area contributed by atoms with Crippen molar-refractivity contribution < 1.29 is 9.90 Å². The van der Waals surface area contributed by atoms with Crippen LogP contribution < -0.4 is 11.1 Å². The summed E-state index contributed by atoms with van der Waals surface area (Å²) >= 11 is 0. The number of carbonyl (C=O) groups is 1. The highest BCUT2D eigenvalue weighted by molar-refractivity contribution is 5.85. The van der Waals surface area contributed by atoms with Crippen LogP contribution in [-0.2, 0) is 4.79 Å². The molecule has 1 aromatic rings. The van der Waals surface area contributed by atoms with Gasteiger partial charge in [0.05, 0.1) is 6.10 Å². The van der Waals surface area contributed by atoms with Gasteiger partial charge in [-0.1, -0.05) is 24.3 Å². The average Bonchev–Trinajstić information content (AvgIpc) is 2.34. The summed E-state index contributed by atoms with van der Waals surface area (Å²) in [7, 11) is 0. The van der Waals surface area contributed by atoms with Gasteiger partial charge in [-0.2, -0.15) is 0 Å². The largest absolute Gasteiger partial charge is 0.387 e. The van der Waals surface area contributed by atoms with Crippen molar-refractivity contribution in [2.24, 2.45) is 5.73 Å². The maximum absolute atomic E-state index is 11.5. The topological polar surface area (TPSA) is 75.3 Å². The lowest BCUT2D eigenvalue weighted by Gasteiger charge is -2.14. The minimum atomic E-state index is -0.662. The maximum atomic E-state index is 11.5. The molecule has 0 aliphatic heterocycles. The summed E-state index contributed by atoms with van der Waals surface area (Å²) in [6.07, 6.45) is 0.398. The summed E-state index contributed by atoms with van der Waals surface area (Å²) < 4.78 is 0. The molecule has 0 fully saturated rings. The highest BCUT2D eigenvalue weighted by atomic mass is 35.5. The van der Waals surface area contributed by atoms with Crippen LogP contribution in [0.4, 0.5) is 0 Å². The molecule has 0 aliphatic carbocycles. The van der Waals surface area contributed by atoms with E-state index in [1.165, 1.54) is 0 Å². The molecule has 1 rings (SSSR count). The second-order valence-corrected chi connectivity index (χ2v) is 4.69. The lowest BCUT2D eigenvalue weighted by Crippen LogP contribution is -2.29. The van der Waals surface area contributed by atoms with Gasteiger partial charge < -0.3 is 16.2 Å². The summed E-state index contributed by atoms with van der Waals surface area (Å²) in [5.41, 5.74) is 7.45. The Morgan fingerprint density at radius 1 is 1.42 bits per heavy atom. The zero-order valence-electron chi connectivity index (χ0n) is 11.4. The minimum Gasteiger partial charge on any atom is -0.387 e. The van der Waals surface area contributed by atoms with Crippen molar-refractivity contribution in [3.05, 3.63) is 35.4 Å². The van der Waals surface area contributed by atoms with Crippen molar-refractivity contribution in [3.63, 3.8) is 0 Å². The number of aryl methyl sites for hydroxylation is 1. The fourth-order valence-electron chi connectivity index (χ4n) is 1.73. The molecule has 0 bridgehead atoms. The molecule has 1 aromatic carbocycles. The van der Waals surface area contributed by atoms with Crippen LogP contribution in [-0.4, -0.2) is 23.6 Å². The fraction of sp³-hybridized carbons (Fsp3) is 0.500. The number of amides is 1. The maximum Gasteiger partial charge on any atom is 0.220 e. The lowest BCUT2D eigenvalue weighted by atomic mass is 10.0. The zero-order chi connectivity index (χ0) is 13.5. The number of aliphatic hydroxyl groups excluding tert-OH is 1. The van der Waals surface area contributed by atoms with Gasteiger partial charge in [-0.05, 0) is 31.4 Å². The van der Waals surface area contributed by atoms with Crippen LogP contribution in [0.1, 0.15) is 37.0 Å². The Labute approximate surface area is 120 Å². The van der Waals surface area contributed by atoms with Gasteiger partial charge in [-0.25, -0.2) is 0 Å². The van der Waals surface area contributed by atoms with E-state index in [1.54, 1.807) is 0 Å². The van der Waals surface area contributed by atoms with Crippen molar-refractivity contribution in [2.45, 2.75) is 38.8 Å². The van der Waals surface area contributed by atoms with Gasteiger partial charge in [-0.3, -0.25) is 4.79 Å². The Morgan fingerprint density at radius 2 is 2.05 bits per heavy atom. The van der Waals surface area contributed by atoms with Crippen molar-refractivity contribution in [3.8, 4) is 0 Å². The van der Waals surface area contributed by atoms with Crippen molar-refractivity contribution in [1.29, 1.82) is 0 Å². The predicted octanol–water partition coefficient (Wildman–Crippen LogP) is 1.69. The highest BCUT2D eigenvalue weighted by Gasteiger charge is 2.11. The summed E-state index contributed by atoms with van der Waals surface area (Å²) in [6, 6.07) is 7.64. The molecule has 108 valence electrons. The van der Waals surface area contributed by atoms with Gasteiger partial charge in [-0.15, -0.1) is 12.4 Å². The third kappa shape index (κ3) is 6.57. The molecular weight excluding hydrogens is 264 g/mol. The zero-order valence-corrected chi connectivity index (χ0v) is 12.2. The average molecular weight is 287 g/mol. The van der Waals surface area contributed by atoms with E-state index in [4.69, 9.17) is 5.73 Å². The number of hydrogen-bond acceptors (Lipinski definition) is 3. The van der Waals surface area contributed by atoms with E-state index in [0.29, 0.717) is 12.8 Å². The molecule has 0 saturated heterocycles. The molecule has 5 heteroatoms. The molecule has 0 aliphatic rings. The first-order valence-electron chi connectivity index (χ1n) is 6.26. The SMILES string of the molecule is Cc1ccccc1C(O)CNC(=O)CCC(C)N.Cl. The molecule has 0 heterocycles. The van der Waals surface area contributed by atoms with E-state index in [1.807, 2.05) is 38.1 Å². The summed E-state index contributed by atoms with van der Waals surface area (Å²) in [4.78, 5) is 11.5. The van der Waals surface area contributed by atoms with Gasteiger partial charge in [0.2, 0.25) is 5.91 Å². The Balaban J connectivity index is 0.00000324. The first-order valence-corrected chi connectivity index (χ1v) is 6.26. The van der Waals surface area contributed by atoms with Crippen molar-refractivity contribution in [2.75, 3.05) is 6.54 Å². The van der Waals surface area contributed by atoms with E-state index >= 15 is 0 Å². The number of halogens is 1. The van der Waals surface area contributed by atoms with E-state index in [-0.39, 0.29) is 30.9 Å². The Morgan fingerprint density at radius 3 is 2.63 bits per heavy atom. The van der Waals surface area contributed by atoms with Crippen LogP contribution in [0.5, 0.6) is 0 Å². The molecule has 2 unspecified atom stereocenters. The van der Waals surface area contributed by atoms with Gasteiger partial charge in [0.1, 0.15) is 0 Å². The lowest BCUT2D eigenvalue weighted by molar-refractivity contribution is -0.121. The molecule has 0 aromatic heterocycles. The monoisotopic (exact) mass is 286 g/mol. The second-order valence-electron chi connectivity index (χ2n) is 4.69. The van der Waals surface area contributed by atoms with Crippen LogP contribution in [0.3, 0.4) is 0 Å². The molecule has 2 atom stereocenters. The van der Waals surface area contributed by atoms with Gasteiger partial charge in [0.15, 0.2) is 0 Å². The van der Waals surface area contributed by atoms with E-state index in [2.05, 4.69) is 5.32 Å². The molecule has 4 nitrogen and oxygen atoms in total. The molecule has 0 saturated carbocycles. The normalized spacial score (nSPS) is 13.3. The van der Waals surface area contributed by atoms with Crippen LogP contribution in [0.15, 0.2) is 24.3 Å². The predicted molar refractivity (Wildman–Crippen MR) is 79.3 cm³/mol. The first-order chi connectivity index (χ1) is 8.50. The van der Waals surface area contributed by atoms with E-state index in [9.17, 15) is 9.90 Å². The summed E-state index contributed by atoms with van der Waals surface area (Å²) in [6.45, 7) is 4.05. The number of hydrogen-bond donors (Lipinski definition) is 3. The smallest absolute Gasteiger partial charge is 0.220 e. The first kappa shape index (κ1) is 17.9. The van der Waals surface area contributed by atoms with Gasteiger partial charge >= 0.3 is 0 Å². The summed E-state index contributed by atoms with van der Waals surface area (Å²) in [5.74, 6) is -0.0695. The number of carbonyl (C=O) groups excluding carboxylic acids is 1. The van der Waals surface area contributed by atoms with Crippen molar-refractivity contribution in [1.82, 2.24) is 5.32 Å². The summed E-state index contributed by atoms with van der Waals surface area (Å²) in [5, 5.41) is 12.7. The van der Waals surface area contributed by atoms with Gasteiger partial charge in [0.25, 0.3) is 0 Å². The molecular formula is C14H23ClN2O2. The number of rotatable bonds is 6. The molecule has 0 radical (unpaired) electrons. The standard InChI is InChI=1S/C14H22N2O2.ClH/c1-10-5-3-4-6-12(10)13(17)9-16-14(18)8-7-11(2)15;/h3-6,11,13,17H,7-9,15H2,1-2H3,(H,16,18);1H. The molecule has 1 amide bonds. The molecule has 4 N–H and O–H groups in total. The van der Waals surface area contributed by atoms with Gasteiger partial charge in [0, 0.05) is 19.0 Å². The third-order valence-electron chi connectivity index (χ3n) is 2.87. The Bertz CT molecular complexity index is 397. The van der Waals surface area contributed by atoms with E-state index < -0.39 is 6.10 Å². The highest BCUT2D eigenvalue weighted by Crippen LogP contribution is 2.16. The molecule has 19 heavy (non-hydrogen) atoms. The fourth-order valence-corrected chi connectivity index (χ4v) is 1.73. The quantitative estimate of drug-likeness (QED) is 0.745. The number of benzene rings is 1. The van der Waals surface area contributed by atoms with Crippen LogP contribution in [0.25, 0.3) is 0 Å². The molecule has 0 spiro atoms. The second kappa shape index (κ2) is 8.91. The Kier molecular flexibility index (Phi) is 8.39. The Hall–Kier alpha value is -1.10.